The number of anilines is 1. The largest absolute Gasteiger partial charge is 0.356 e. The van der Waals surface area contributed by atoms with Gasteiger partial charge in [-0.25, -0.2) is 14.6 Å². The van der Waals surface area contributed by atoms with E-state index in [1.54, 1.807) is 6.33 Å². The molecule has 1 fully saturated rings. The van der Waals surface area contributed by atoms with Gasteiger partial charge >= 0.3 is 0 Å². The Bertz CT molecular complexity index is 1210. The lowest BCUT2D eigenvalue weighted by molar-refractivity contribution is 0.187. The normalized spacial score (nSPS) is 19.4. The van der Waals surface area contributed by atoms with Gasteiger partial charge in [0.2, 0.25) is 0 Å². The fourth-order valence-corrected chi connectivity index (χ4v) is 5.31. The first-order chi connectivity index (χ1) is 14.8. The molecule has 1 aliphatic carbocycles. The van der Waals surface area contributed by atoms with Gasteiger partial charge in [0.25, 0.3) is 0 Å². The van der Waals surface area contributed by atoms with Crippen LogP contribution in [-0.2, 0) is 6.42 Å². The summed E-state index contributed by atoms with van der Waals surface area (Å²) in [5, 5.41) is 5.60. The highest BCUT2D eigenvalue weighted by atomic mass is 35.5. The summed E-state index contributed by atoms with van der Waals surface area (Å²) in [6, 6.07) is 18.9. The van der Waals surface area contributed by atoms with Crippen LogP contribution in [0.2, 0.25) is 0 Å². The topological polar surface area (TPSA) is 72.9 Å². The predicted octanol–water partition coefficient (Wildman–Crippen LogP) is 4.08. The van der Waals surface area contributed by atoms with Gasteiger partial charge in [0.05, 0.1) is 17.3 Å². The van der Waals surface area contributed by atoms with Crippen molar-refractivity contribution in [2.45, 2.75) is 25.3 Å². The summed E-state index contributed by atoms with van der Waals surface area (Å²) < 4.78 is 1.88. The lowest BCUT2D eigenvalue weighted by Crippen LogP contribution is -2.44. The first-order valence-electron chi connectivity index (χ1n) is 10.6. The fraction of sp³-hybridized carbons (Fsp3) is 0.292. The minimum atomic E-state index is 0. The van der Waals surface area contributed by atoms with Crippen LogP contribution in [0.15, 0.2) is 67.1 Å². The zero-order valence-corrected chi connectivity index (χ0v) is 18.0. The second-order valence-electron chi connectivity index (χ2n) is 8.53. The number of rotatable bonds is 2. The molecular formula is C24H25ClN6. The Kier molecular flexibility index (Phi) is 4.91. The summed E-state index contributed by atoms with van der Waals surface area (Å²) in [7, 11) is 0. The molecule has 31 heavy (non-hydrogen) atoms. The third-order valence-corrected chi connectivity index (χ3v) is 7.00. The summed E-state index contributed by atoms with van der Waals surface area (Å²) in [6.45, 7) is 1.90. The Hall–Kier alpha value is -2.96. The maximum atomic E-state index is 6.74. The monoisotopic (exact) mass is 432 g/mol. The van der Waals surface area contributed by atoms with E-state index < -0.39 is 0 Å². The first kappa shape index (κ1) is 20.0. The number of hydrogen-bond acceptors (Lipinski definition) is 5. The van der Waals surface area contributed by atoms with Crippen molar-refractivity contribution in [2.24, 2.45) is 11.1 Å². The third kappa shape index (κ3) is 3.09. The quantitative estimate of drug-likeness (QED) is 0.516. The molecule has 0 radical (unpaired) electrons. The highest BCUT2D eigenvalue weighted by Gasteiger charge is 2.46. The second kappa shape index (κ2) is 7.62. The maximum Gasteiger partial charge on any atom is 0.168 e. The molecule has 158 valence electrons. The van der Waals surface area contributed by atoms with E-state index in [1.165, 1.54) is 11.1 Å². The fourth-order valence-electron chi connectivity index (χ4n) is 5.31. The summed E-state index contributed by atoms with van der Waals surface area (Å²) in [6.07, 6.45) is 6.77. The van der Waals surface area contributed by atoms with Crippen molar-refractivity contribution in [1.82, 2.24) is 19.7 Å². The van der Waals surface area contributed by atoms with Crippen molar-refractivity contribution >= 4 is 29.3 Å². The van der Waals surface area contributed by atoms with Gasteiger partial charge in [0, 0.05) is 19.1 Å². The van der Waals surface area contributed by atoms with Crippen molar-refractivity contribution in [2.75, 3.05) is 18.0 Å². The van der Waals surface area contributed by atoms with E-state index in [9.17, 15) is 0 Å². The zero-order chi connectivity index (χ0) is 20.1. The van der Waals surface area contributed by atoms with Crippen molar-refractivity contribution in [1.29, 1.82) is 0 Å². The van der Waals surface area contributed by atoms with Gasteiger partial charge < -0.3 is 10.6 Å². The molecule has 0 unspecified atom stereocenters. The molecule has 2 N–H and O–H groups in total. The smallest absolute Gasteiger partial charge is 0.168 e. The van der Waals surface area contributed by atoms with Crippen LogP contribution in [0.4, 0.5) is 5.82 Å². The van der Waals surface area contributed by atoms with Crippen LogP contribution in [0.5, 0.6) is 0 Å². The molecule has 1 spiro atoms. The van der Waals surface area contributed by atoms with Crippen LogP contribution in [0.25, 0.3) is 16.7 Å². The number of hydrogen-bond donors (Lipinski definition) is 1. The Balaban J connectivity index is 0.00000204. The van der Waals surface area contributed by atoms with Crippen molar-refractivity contribution in [3.63, 3.8) is 0 Å². The molecule has 4 aromatic rings. The standard InChI is InChI=1S/C24H24N6.ClH/c25-21-19-9-5-4-6-17(19)14-24(21)10-12-29(13-11-24)22-20-15-28-30(23(20)27-16-26-22)18-7-2-1-3-8-18;/h1-9,15-16,21H,10-14,25H2;1H/t21-;/m1./s1. The Morgan fingerprint density at radius 2 is 1.68 bits per heavy atom. The molecule has 0 bridgehead atoms. The van der Waals surface area contributed by atoms with E-state index in [0.717, 1.165) is 54.9 Å². The van der Waals surface area contributed by atoms with Crippen molar-refractivity contribution < 1.29 is 0 Å². The summed E-state index contributed by atoms with van der Waals surface area (Å²) in [4.78, 5) is 11.5. The number of fused-ring (bicyclic) bond motifs is 2. The van der Waals surface area contributed by atoms with Gasteiger partial charge in [-0.2, -0.15) is 5.10 Å². The van der Waals surface area contributed by atoms with E-state index in [0.29, 0.717) is 0 Å². The van der Waals surface area contributed by atoms with Crippen molar-refractivity contribution in [3.05, 3.63) is 78.2 Å². The highest BCUT2D eigenvalue weighted by molar-refractivity contribution is 5.87. The maximum absolute atomic E-state index is 6.74. The van der Waals surface area contributed by atoms with Crippen LogP contribution in [0.1, 0.15) is 30.0 Å². The van der Waals surface area contributed by atoms with Gasteiger partial charge in [0.1, 0.15) is 12.1 Å². The van der Waals surface area contributed by atoms with Gasteiger partial charge in [0.15, 0.2) is 5.65 Å². The molecule has 6 rings (SSSR count). The minimum absolute atomic E-state index is 0. The number of nitrogens with zero attached hydrogens (tertiary/aromatic N) is 5. The summed E-state index contributed by atoms with van der Waals surface area (Å²) in [5.74, 6) is 0.973. The second-order valence-corrected chi connectivity index (χ2v) is 8.53. The van der Waals surface area contributed by atoms with Crippen LogP contribution in [0, 0.1) is 5.41 Å². The molecule has 1 atom stereocenters. The highest BCUT2D eigenvalue weighted by Crippen LogP contribution is 2.51. The number of piperidine rings is 1. The van der Waals surface area contributed by atoms with E-state index in [4.69, 9.17) is 5.73 Å². The number of para-hydroxylation sites is 1. The molecule has 1 aliphatic heterocycles. The average molecular weight is 433 g/mol. The molecule has 3 heterocycles. The molecule has 2 aromatic carbocycles. The zero-order valence-electron chi connectivity index (χ0n) is 17.2. The molecular weight excluding hydrogens is 408 g/mol. The Labute approximate surface area is 187 Å². The SMILES string of the molecule is Cl.N[C@@H]1c2ccccc2CC12CCN(c1ncnc3c1cnn3-c1ccccc1)CC2. The average Bonchev–Trinajstić information content (AvgIpc) is 3.35. The minimum Gasteiger partial charge on any atom is -0.356 e. The molecule has 7 heteroatoms. The number of aromatic nitrogens is 4. The van der Waals surface area contributed by atoms with Crippen LogP contribution >= 0.6 is 12.4 Å². The van der Waals surface area contributed by atoms with Gasteiger partial charge in [-0.3, -0.25) is 0 Å². The summed E-state index contributed by atoms with van der Waals surface area (Å²) in [5.41, 5.74) is 11.5. The Morgan fingerprint density at radius 1 is 0.935 bits per heavy atom. The third-order valence-electron chi connectivity index (χ3n) is 7.00. The van der Waals surface area contributed by atoms with E-state index in [-0.39, 0.29) is 23.9 Å². The lowest BCUT2D eigenvalue weighted by atomic mass is 9.73. The molecule has 2 aliphatic rings. The van der Waals surface area contributed by atoms with Crippen LogP contribution in [0.3, 0.4) is 0 Å². The molecule has 0 amide bonds. The number of benzene rings is 2. The van der Waals surface area contributed by atoms with Crippen LogP contribution < -0.4 is 10.6 Å². The summed E-state index contributed by atoms with van der Waals surface area (Å²) >= 11 is 0. The van der Waals surface area contributed by atoms with Crippen LogP contribution in [-0.4, -0.2) is 32.8 Å². The van der Waals surface area contributed by atoms with Gasteiger partial charge in [-0.1, -0.05) is 42.5 Å². The first-order valence-corrected chi connectivity index (χ1v) is 10.6. The number of nitrogens with two attached hydrogens (primary N) is 1. The van der Waals surface area contributed by atoms with E-state index in [2.05, 4.69) is 44.2 Å². The molecule has 1 saturated heterocycles. The van der Waals surface area contributed by atoms with Gasteiger partial charge in [-0.05, 0) is 47.9 Å². The molecule has 6 nitrogen and oxygen atoms in total. The number of halogens is 1. The molecule has 0 saturated carbocycles. The van der Waals surface area contributed by atoms with E-state index >= 15 is 0 Å². The predicted molar refractivity (Wildman–Crippen MR) is 125 cm³/mol. The lowest BCUT2D eigenvalue weighted by Gasteiger charge is -2.42. The van der Waals surface area contributed by atoms with Crippen molar-refractivity contribution in [3.8, 4) is 5.69 Å². The molecule has 2 aromatic heterocycles. The van der Waals surface area contributed by atoms with E-state index in [1.807, 2.05) is 41.2 Å². The van der Waals surface area contributed by atoms with Gasteiger partial charge in [-0.15, -0.1) is 12.4 Å². The Morgan fingerprint density at radius 3 is 2.45 bits per heavy atom.